The van der Waals surface area contributed by atoms with E-state index in [1.807, 2.05) is 49.5 Å². The first-order chi connectivity index (χ1) is 12.7. The lowest BCUT2D eigenvalue weighted by molar-refractivity contribution is 0.677. The molecule has 2 nitrogen and oxygen atoms in total. The number of aromatic nitrogens is 1. The number of fused-ring (bicyclic) bond motifs is 4. The quantitative estimate of drug-likeness (QED) is 0.456. The fraction of sp³-hybridized carbons (Fsp3) is 0.0870. The summed E-state index contributed by atoms with van der Waals surface area (Å²) in [7, 11) is -1.17. The molecular formula is C23H17NOS. The van der Waals surface area contributed by atoms with Gasteiger partial charge in [-0.15, -0.1) is 0 Å². The number of rotatable bonds is 1. The number of hydrogen-bond acceptors (Lipinski definition) is 2. The zero-order chi connectivity index (χ0) is 17.7. The van der Waals surface area contributed by atoms with Crippen molar-refractivity contribution in [3.05, 3.63) is 95.7 Å². The Morgan fingerprint density at radius 1 is 0.846 bits per heavy atom. The first kappa shape index (κ1) is 15.5. The van der Waals surface area contributed by atoms with Crippen LogP contribution in [0.5, 0.6) is 0 Å². The molecule has 126 valence electrons. The van der Waals surface area contributed by atoms with Gasteiger partial charge in [-0.05, 0) is 46.9 Å². The van der Waals surface area contributed by atoms with Crippen LogP contribution >= 0.6 is 0 Å². The van der Waals surface area contributed by atoms with Gasteiger partial charge in [0, 0.05) is 16.5 Å². The molecule has 2 unspecified atom stereocenters. The van der Waals surface area contributed by atoms with E-state index in [0.29, 0.717) is 0 Å². The van der Waals surface area contributed by atoms with Crippen LogP contribution in [-0.4, -0.2) is 9.19 Å². The lowest BCUT2D eigenvalue weighted by atomic mass is 9.93. The molecule has 0 aliphatic carbocycles. The van der Waals surface area contributed by atoms with E-state index in [1.54, 1.807) is 0 Å². The molecule has 0 saturated heterocycles. The topological polar surface area (TPSA) is 30.0 Å². The van der Waals surface area contributed by atoms with Gasteiger partial charge in [-0.2, -0.15) is 0 Å². The lowest BCUT2D eigenvalue weighted by Crippen LogP contribution is -2.16. The molecule has 3 aromatic carbocycles. The Kier molecular flexibility index (Phi) is 3.50. The Bertz CT molecular complexity index is 1180. The van der Waals surface area contributed by atoms with Crippen molar-refractivity contribution in [3.63, 3.8) is 0 Å². The average molecular weight is 355 g/mol. The van der Waals surface area contributed by atoms with E-state index < -0.39 is 10.8 Å². The summed E-state index contributed by atoms with van der Waals surface area (Å²) in [6.45, 7) is 2.05. The summed E-state index contributed by atoms with van der Waals surface area (Å²) in [6.07, 6.45) is 1.89. The van der Waals surface area contributed by atoms with Crippen LogP contribution in [0.15, 0.2) is 83.9 Å². The maximum atomic E-state index is 13.6. The molecule has 26 heavy (non-hydrogen) atoms. The normalized spacial score (nSPS) is 18.3. The molecule has 0 spiro atoms. The molecular weight excluding hydrogens is 338 g/mol. The van der Waals surface area contributed by atoms with Crippen molar-refractivity contribution >= 4 is 21.7 Å². The second kappa shape index (κ2) is 5.89. The third kappa shape index (κ3) is 2.24. The van der Waals surface area contributed by atoms with E-state index >= 15 is 0 Å². The summed E-state index contributed by atoms with van der Waals surface area (Å²) < 4.78 is 13.6. The molecule has 1 aliphatic rings. The molecule has 0 radical (unpaired) electrons. The lowest BCUT2D eigenvalue weighted by Gasteiger charge is -2.28. The smallest absolute Gasteiger partial charge is 0.0920 e. The Labute approximate surface area is 155 Å². The van der Waals surface area contributed by atoms with Gasteiger partial charge in [0.05, 0.1) is 21.6 Å². The number of pyridine rings is 1. The van der Waals surface area contributed by atoms with E-state index in [2.05, 4.69) is 41.4 Å². The summed E-state index contributed by atoms with van der Waals surface area (Å²) in [5.41, 5.74) is 6.44. The van der Waals surface area contributed by atoms with Gasteiger partial charge >= 0.3 is 0 Å². The van der Waals surface area contributed by atoms with Crippen molar-refractivity contribution in [2.24, 2.45) is 0 Å². The van der Waals surface area contributed by atoms with E-state index in [0.717, 1.165) is 43.6 Å². The van der Waals surface area contributed by atoms with Crippen LogP contribution in [0, 0.1) is 6.92 Å². The number of hydrogen-bond donors (Lipinski definition) is 0. The fourth-order valence-corrected chi connectivity index (χ4v) is 5.59. The highest BCUT2D eigenvalue weighted by molar-refractivity contribution is 7.85. The van der Waals surface area contributed by atoms with Gasteiger partial charge in [0.2, 0.25) is 0 Å². The van der Waals surface area contributed by atoms with Crippen LogP contribution in [-0.2, 0) is 10.8 Å². The second-order valence-electron chi connectivity index (χ2n) is 6.69. The van der Waals surface area contributed by atoms with Crippen LogP contribution in [0.3, 0.4) is 0 Å². The Hall–Kier alpha value is -2.78. The summed E-state index contributed by atoms with van der Waals surface area (Å²) in [5, 5.41) is 0.885. The molecule has 1 aliphatic heterocycles. The molecule has 5 rings (SSSR count). The molecule has 2 heterocycles. The fourth-order valence-electron chi connectivity index (χ4n) is 3.87. The number of nitrogens with zero attached hydrogens (tertiary/aromatic N) is 1. The van der Waals surface area contributed by atoms with Crippen molar-refractivity contribution in [2.75, 3.05) is 0 Å². The van der Waals surface area contributed by atoms with Gasteiger partial charge in [-0.1, -0.05) is 60.7 Å². The van der Waals surface area contributed by atoms with E-state index in [4.69, 9.17) is 0 Å². The van der Waals surface area contributed by atoms with Gasteiger partial charge in [-0.25, -0.2) is 0 Å². The predicted octanol–water partition coefficient (Wildman–Crippen LogP) is 5.42. The SMILES string of the molecule is Cc1cnc2c(C3c4ccccc4-c4ccccc4S3=O)cccc2c1. The highest BCUT2D eigenvalue weighted by atomic mass is 32.2. The minimum absolute atomic E-state index is 0.208. The number of aryl methyl sites for hydroxylation is 1. The second-order valence-corrected chi connectivity index (χ2v) is 8.20. The molecule has 2 atom stereocenters. The van der Waals surface area contributed by atoms with Gasteiger partial charge in [0.1, 0.15) is 0 Å². The van der Waals surface area contributed by atoms with Crippen LogP contribution in [0.4, 0.5) is 0 Å². The monoisotopic (exact) mass is 355 g/mol. The summed E-state index contributed by atoms with van der Waals surface area (Å²) in [4.78, 5) is 5.59. The van der Waals surface area contributed by atoms with E-state index in [-0.39, 0.29) is 5.25 Å². The molecule has 3 heteroatoms. The zero-order valence-electron chi connectivity index (χ0n) is 14.3. The maximum Gasteiger partial charge on any atom is 0.0920 e. The third-order valence-corrected chi connectivity index (χ3v) is 6.74. The molecule has 0 saturated carbocycles. The standard InChI is InChI=1S/C23H17NOS/c1-15-13-16-7-6-11-20(22(16)24-14-15)23-19-10-3-2-8-17(19)18-9-4-5-12-21(18)26(23)25/h2-14,23H,1H3. The Morgan fingerprint density at radius 2 is 1.58 bits per heavy atom. The molecule has 0 N–H and O–H groups in total. The van der Waals surface area contributed by atoms with Crippen LogP contribution in [0.1, 0.15) is 21.9 Å². The molecule has 0 amide bonds. The highest BCUT2D eigenvalue weighted by Crippen LogP contribution is 2.46. The van der Waals surface area contributed by atoms with Gasteiger partial charge in [0.25, 0.3) is 0 Å². The summed E-state index contributed by atoms with van der Waals surface area (Å²) in [6, 6.07) is 24.6. The first-order valence-electron chi connectivity index (χ1n) is 8.68. The van der Waals surface area contributed by atoms with Crippen molar-refractivity contribution in [2.45, 2.75) is 17.1 Å². The van der Waals surface area contributed by atoms with Gasteiger partial charge in [0.15, 0.2) is 0 Å². The largest absolute Gasteiger partial charge is 0.256 e. The van der Waals surface area contributed by atoms with Crippen LogP contribution in [0.2, 0.25) is 0 Å². The first-order valence-corrected chi connectivity index (χ1v) is 9.89. The van der Waals surface area contributed by atoms with Crippen LogP contribution < -0.4 is 0 Å². The molecule has 1 aromatic heterocycles. The minimum Gasteiger partial charge on any atom is -0.256 e. The van der Waals surface area contributed by atoms with Crippen LogP contribution in [0.25, 0.3) is 22.0 Å². The van der Waals surface area contributed by atoms with Crippen molar-refractivity contribution in [3.8, 4) is 11.1 Å². The third-order valence-electron chi connectivity index (χ3n) is 5.01. The molecule has 0 fully saturated rings. The minimum atomic E-state index is -1.17. The Balaban J connectivity index is 1.82. The Morgan fingerprint density at radius 3 is 2.46 bits per heavy atom. The zero-order valence-corrected chi connectivity index (χ0v) is 15.2. The maximum absolute atomic E-state index is 13.6. The number of benzene rings is 3. The van der Waals surface area contributed by atoms with Crippen molar-refractivity contribution in [1.29, 1.82) is 0 Å². The predicted molar refractivity (Wildman–Crippen MR) is 107 cm³/mol. The molecule has 0 bridgehead atoms. The van der Waals surface area contributed by atoms with Gasteiger partial charge in [-0.3, -0.25) is 9.19 Å². The van der Waals surface area contributed by atoms with E-state index in [1.165, 1.54) is 0 Å². The van der Waals surface area contributed by atoms with Crippen molar-refractivity contribution in [1.82, 2.24) is 4.98 Å². The highest BCUT2D eigenvalue weighted by Gasteiger charge is 2.33. The van der Waals surface area contributed by atoms with Gasteiger partial charge < -0.3 is 0 Å². The molecule has 4 aromatic rings. The van der Waals surface area contributed by atoms with E-state index in [9.17, 15) is 4.21 Å². The van der Waals surface area contributed by atoms with Crippen molar-refractivity contribution < 1.29 is 4.21 Å². The average Bonchev–Trinajstić information content (AvgIpc) is 2.68. The number of para-hydroxylation sites is 1. The summed E-state index contributed by atoms with van der Waals surface area (Å²) >= 11 is 0. The summed E-state index contributed by atoms with van der Waals surface area (Å²) in [5.74, 6) is 0.